The van der Waals surface area contributed by atoms with Crippen LogP contribution in [0.3, 0.4) is 0 Å². The fraction of sp³-hybridized carbons (Fsp3) is 0.370. The number of hydrogen-bond acceptors (Lipinski definition) is 6. The number of amides is 1. The summed E-state index contributed by atoms with van der Waals surface area (Å²) in [6.07, 6.45) is 1.59. The lowest BCUT2D eigenvalue weighted by molar-refractivity contribution is -0.141. The maximum atomic E-state index is 12.7. The molecule has 0 aliphatic carbocycles. The summed E-state index contributed by atoms with van der Waals surface area (Å²) in [5.74, 6) is -0.0343. The Morgan fingerprint density at radius 3 is 2.74 bits per heavy atom. The van der Waals surface area contributed by atoms with E-state index in [2.05, 4.69) is 35.1 Å². The van der Waals surface area contributed by atoms with Gasteiger partial charge in [0.2, 0.25) is 0 Å². The van der Waals surface area contributed by atoms with Crippen LogP contribution < -0.4 is 15.0 Å². The van der Waals surface area contributed by atoms with Crippen LogP contribution in [-0.2, 0) is 16.1 Å². The van der Waals surface area contributed by atoms with Gasteiger partial charge in [-0.1, -0.05) is 37.3 Å². The lowest BCUT2D eigenvalue weighted by Gasteiger charge is -2.31. The molecule has 2 unspecified atom stereocenters. The second kappa shape index (κ2) is 10.5. The minimum absolute atomic E-state index is 0.0199. The molecule has 1 aliphatic heterocycles. The molecule has 1 aromatic heterocycles. The van der Waals surface area contributed by atoms with Gasteiger partial charge >= 0.3 is 12.1 Å². The number of hydrogen-bond donors (Lipinski definition) is 1. The molecule has 2 heterocycles. The molecule has 178 valence electrons. The monoisotopic (exact) mass is 461 g/mol. The van der Waals surface area contributed by atoms with E-state index in [9.17, 15) is 9.59 Å². The molecule has 34 heavy (non-hydrogen) atoms. The molecule has 7 nitrogen and oxygen atoms in total. The summed E-state index contributed by atoms with van der Waals surface area (Å²) in [5, 5.41) is 4.81. The molecule has 0 fully saturated rings. The molecule has 2 atom stereocenters. The first-order valence-electron chi connectivity index (χ1n) is 11.9. The molecule has 0 radical (unpaired) electrons. The first-order valence-corrected chi connectivity index (χ1v) is 11.9. The molecule has 0 saturated heterocycles. The fourth-order valence-corrected chi connectivity index (χ4v) is 4.55. The summed E-state index contributed by atoms with van der Waals surface area (Å²) in [6, 6.07) is 15.9. The van der Waals surface area contributed by atoms with Crippen molar-refractivity contribution >= 4 is 28.5 Å². The Labute approximate surface area is 200 Å². The third kappa shape index (κ3) is 4.98. The number of carbonyl (C=O) groups is 2. The van der Waals surface area contributed by atoms with E-state index < -0.39 is 6.09 Å². The third-order valence-corrected chi connectivity index (χ3v) is 6.55. The van der Waals surface area contributed by atoms with Gasteiger partial charge in [-0.3, -0.25) is 9.78 Å². The van der Waals surface area contributed by atoms with Crippen molar-refractivity contribution in [3.05, 3.63) is 66.0 Å². The lowest BCUT2D eigenvalue weighted by atomic mass is 9.83. The van der Waals surface area contributed by atoms with Crippen molar-refractivity contribution in [2.24, 2.45) is 5.92 Å². The van der Waals surface area contributed by atoms with Gasteiger partial charge in [-0.2, -0.15) is 0 Å². The van der Waals surface area contributed by atoms with E-state index >= 15 is 0 Å². The molecule has 7 heteroatoms. The summed E-state index contributed by atoms with van der Waals surface area (Å²) in [5.41, 5.74) is 2.83. The molecule has 1 N–H and O–H groups in total. The maximum Gasteiger partial charge on any atom is 0.407 e. The molecule has 3 aromatic rings. The topological polar surface area (TPSA) is 80.8 Å². The number of ether oxygens (including phenoxy) is 2. The standard InChI is InChI=1S/C27H31N3O4/c1-4-30(5-2)20-10-11-21-18(3)22(26(31)34-25(21)16-20)13-15-33-27(32)29-17-24-23-9-7-6-8-19(23)12-14-28-24/h6-12,14,16,18,22H,4-5,13,15,17H2,1-3H3,(H,29,32). The van der Waals surface area contributed by atoms with Crippen molar-refractivity contribution in [1.29, 1.82) is 0 Å². The Morgan fingerprint density at radius 1 is 1.15 bits per heavy atom. The predicted octanol–water partition coefficient (Wildman–Crippen LogP) is 5.04. The predicted molar refractivity (Wildman–Crippen MR) is 132 cm³/mol. The van der Waals surface area contributed by atoms with Crippen LogP contribution in [0.5, 0.6) is 5.75 Å². The van der Waals surface area contributed by atoms with Gasteiger partial charge in [-0.05, 0) is 49.3 Å². The number of rotatable bonds is 8. The average molecular weight is 462 g/mol. The molecular formula is C27H31N3O4. The lowest BCUT2D eigenvalue weighted by Crippen LogP contribution is -2.33. The van der Waals surface area contributed by atoms with Crippen molar-refractivity contribution in [3.63, 3.8) is 0 Å². The highest BCUT2D eigenvalue weighted by Crippen LogP contribution is 2.40. The van der Waals surface area contributed by atoms with Crippen molar-refractivity contribution in [3.8, 4) is 5.75 Å². The van der Waals surface area contributed by atoms with E-state index in [1.165, 1.54) is 0 Å². The zero-order valence-electron chi connectivity index (χ0n) is 19.9. The summed E-state index contributed by atoms with van der Waals surface area (Å²) in [4.78, 5) is 31.5. The normalized spacial score (nSPS) is 17.1. The second-order valence-electron chi connectivity index (χ2n) is 8.47. The highest BCUT2D eigenvalue weighted by Gasteiger charge is 2.35. The van der Waals surface area contributed by atoms with Gasteiger partial charge in [-0.15, -0.1) is 0 Å². The van der Waals surface area contributed by atoms with E-state index in [1.54, 1.807) is 6.20 Å². The zero-order valence-corrected chi connectivity index (χ0v) is 19.9. The van der Waals surface area contributed by atoms with Gasteiger partial charge in [0.05, 0.1) is 24.8 Å². The second-order valence-corrected chi connectivity index (χ2v) is 8.47. The zero-order chi connectivity index (χ0) is 24.1. The highest BCUT2D eigenvalue weighted by atomic mass is 16.6. The molecule has 0 spiro atoms. The van der Waals surface area contributed by atoms with Crippen molar-refractivity contribution in [2.75, 3.05) is 24.6 Å². The van der Waals surface area contributed by atoms with Crippen LogP contribution in [-0.4, -0.2) is 36.7 Å². The van der Waals surface area contributed by atoms with Crippen LogP contribution in [0, 0.1) is 5.92 Å². The van der Waals surface area contributed by atoms with Gasteiger partial charge in [0.25, 0.3) is 0 Å². The number of aromatic nitrogens is 1. The Hall–Kier alpha value is -3.61. The Bertz CT molecular complexity index is 1170. The molecule has 0 saturated carbocycles. The number of benzene rings is 2. The van der Waals surface area contributed by atoms with Gasteiger partial charge in [0, 0.05) is 36.4 Å². The number of anilines is 1. The van der Waals surface area contributed by atoms with Gasteiger partial charge in [-0.25, -0.2) is 4.79 Å². The van der Waals surface area contributed by atoms with E-state index in [0.29, 0.717) is 12.2 Å². The summed E-state index contributed by atoms with van der Waals surface area (Å²) in [6.45, 7) is 8.39. The minimum Gasteiger partial charge on any atom is -0.450 e. The van der Waals surface area contributed by atoms with Crippen LogP contribution in [0.4, 0.5) is 10.5 Å². The molecule has 1 aliphatic rings. The van der Waals surface area contributed by atoms with Gasteiger partial charge in [0.15, 0.2) is 0 Å². The summed E-state index contributed by atoms with van der Waals surface area (Å²) in [7, 11) is 0. The number of alkyl carbamates (subject to hydrolysis) is 1. The minimum atomic E-state index is -0.532. The number of carbonyl (C=O) groups excluding carboxylic acids is 2. The van der Waals surface area contributed by atoms with E-state index in [1.807, 2.05) is 49.4 Å². The van der Waals surface area contributed by atoms with Crippen LogP contribution in [0.1, 0.15) is 44.4 Å². The fourth-order valence-electron chi connectivity index (χ4n) is 4.55. The number of fused-ring (bicyclic) bond motifs is 2. The molecule has 0 bridgehead atoms. The highest BCUT2D eigenvalue weighted by molar-refractivity contribution is 5.84. The quantitative estimate of drug-likeness (QED) is 0.374. The summed E-state index contributed by atoms with van der Waals surface area (Å²) >= 11 is 0. The van der Waals surface area contributed by atoms with Crippen molar-refractivity contribution < 1.29 is 19.1 Å². The molecular weight excluding hydrogens is 430 g/mol. The third-order valence-electron chi connectivity index (χ3n) is 6.55. The Morgan fingerprint density at radius 2 is 1.94 bits per heavy atom. The van der Waals surface area contributed by atoms with Crippen molar-refractivity contribution in [2.45, 2.75) is 39.7 Å². The van der Waals surface area contributed by atoms with E-state index in [4.69, 9.17) is 9.47 Å². The average Bonchev–Trinajstić information content (AvgIpc) is 2.85. The number of nitrogens with zero attached hydrogens (tertiary/aromatic N) is 2. The van der Waals surface area contributed by atoms with Gasteiger partial charge in [0.1, 0.15) is 5.75 Å². The Kier molecular flexibility index (Phi) is 7.30. The summed E-state index contributed by atoms with van der Waals surface area (Å²) < 4.78 is 11.0. The Balaban J connectivity index is 1.31. The largest absolute Gasteiger partial charge is 0.450 e. The van der Waals surface area contributed by atoms with E-state index in [0.717, 1.165) is 40.8 Å². The van der Waals surface area contributed by atoms with Crippen LogP contribution in [0.25, 0.3) is 10.8 Å². The first-order chi connectivity index (χ1) is 16.5. The molecule has 1 amide bonds. The van der Waals surface area contributed by atoms with Crippen molar-refractivity contribution in [1.82, 2.24) is 10.3 Å². The van der Waals surface area contributed by atoms with Gasteiger partial charge < -0.3 is 19.7 Å². The SMILES string of the molecule is CCN(CC)c1ccc2c(c1)OC(=O)C(CCOC(=O)NCc1nccc3ccccc13)C2C. The first kappa shape index (κ1) is 23.5. The number of pyridine rings is 1. The van der Waals surface area contributed by atoms with Crippen LogP contribution in [0.15, 0.2) is 54.7 Å². The van der Waals surface area contributed by atoms with Crippen LogP contribution in [0.2, 0.25) is 0 Å². The maximum absolute atomic E-state index is 12.7. The molecule has 2 aromatic carbocycles. The number of esters is 1. The van der Waals surface area contributed by atoms with Crippen LogP contribution >= 0.6 is 0 Å². The number of nitrogens with one attached hydrogen (secondary N) is 1. The smallest absolute Gasteiger partial charge is 0.407 e. The van der Waals surface area contributed by atoms with E-state index in [-0.39, 0.29) is 31.0 Å². The molecule has 4 rings (SSSR count).